The highest BCUT2D eigenvalue weighted by molar-refractivity contribution is 7.89. The lowest BCUT2D eigenvalue weighted by atomic mass is 10.2. The zero-order chi connectivity index (χ0) is 24.7. The number of hydrogen-bond donors (Lipinski definition) is 1. The van der Waals surface area contributed by atoms with E-state index in [0.29, 0.717) is 30.0 Å². The van der Waals surface area contributed by atoms with Crippen molar-refractivity contribution in [3.05, 3.63) is 53.6 Å². The number of ether oxygens (including phenoxy) is 2. The molecule has 3 rings (SSSR count). The molecule has 0 aliphatic carbocycles. The number of carbonyl (C=O) groups excluding carboxylic acids is 2. The van der Waals surface area contributed by atoms with Crippen LogP contribution in [0.5, 0.6) is 0 Å². The van der Waals surface area contributed by atoms with Gasteiger partial charge in [-0.25, -0.2) is 13.2 Å². The number of hydrogen-bond acceptors (Lipinski definition) is 7. The van der Waals surface area contributed by atoms with Gasteiger partial charge >= 0.3 is 5.97 Å². The molecule has 1 saturated heterocycles. The van der Waals surface area contributed by atoms with E-state index in [0.717, 1.165) is 18.8 Å². The van der Waals surface area contributed by atoms with E-state index < -0.39 is 28.5 Å². The number of sulfonamides is 1. The third-order valence-corrected chi connectivity index (χ3v) is 7.55. The van der Waals surface area contributed by atoms with Gasteiger partial charge in [-0.2, -0.15) is 4.31 Å². The van der Waals surface area contributed by atoms with Crippen LogP contribution in [0.2, 0.25) is 0 Å². The Hall–Kier alpha value is -2.95. The molecule has 2 aromatic carbocycles. The van der Waals surface area contributed by atoms with Gasteiger partial charge < -0.3 is 19.7 Å². The molecule has 1 fully saturated rings. The molecule has 1 N–H and O–H groups in total. The Bertz CT molecular complexity index is 1110. The van der Waals surface area contributed by atoms with Gasteiger partial charge in [0.05, 0.1) is 23.7 Å². The van der Waals surface area contributed by atoms with Crippen molar-refractivity contribution in [2.45, 2.75) is 25.7 Å². The number of nitrogens with one attached hydrogen (secondary N) is 1. The molecular weight excluding hydrogens is 458 g/mol. The summed E-state index contributed by atoms with van der Waals surface area (Å²) in [5, 5.41) is 2.64. The molecule has 0 aromatic heterocycles. The summed E-state index contributed by atoms with van der Waals surface area (Å²) < 4.78 is 37.5. The maximum atomic E-state index is 12.9. The summed E-state index contributed by atoms with van der Waals surface area (Å²) >= 11 is 0. The highest BCUT2D eigenvalue weighted by Gasteiger charge is 2.27. The quantitative estimate of drug-likeness (QED) is 0.540. The van der Waals surface area contributed by atoms with Crippen molar-refractivity contribution < 1.29 is 27.5 Å². The van der Waals surface area contributed by atoms with E-state index >= 15 is 0 Å². The van der Waals surface area contributed by atoms with Crippen LogP contribution in [-0.4, -0.2) is 70.6 Å². The molecule has 1 amide bonds. The van der Waals surface area contributed by atoms with Crippen molar-refractivity contribution >= 4 is 33.3 Å². The second-order valence-corrected chi connectivity index (χ2v) is 9.77. The van der Waals surface area contributed by atoms with Gasteiger partial charge in [0, 0.05) is 37.6 Å². The number of esters is 1. The Balaban J connectivity index is 1.61. The lowest BCUT2D eigenvalue weighted by molar-refractivity contribution is -0.119. The maximum Gasteiger partial charge on any atom is 0.338 e. The van der Waals surface area contributed by atoms with Crippen LogP contribution < -0.4 is 10.2 Å². The van der Waals surface area contributed by atoms with Gasteiger partial charge in [0.25, 0.3) is 5.91 Å². The topological polar surface area (TPSA) is 105 Å². The van der Waals surface area contributed by atoms with E-state index in [9.17, 15) is 18.0 Å². The fraction of sp³-hybridized carbons (Fsp3) is 0.417. The number of rotatable bonds is 9. The summed E-state index contributed by atoms with van der Waals surface area (Å²) in [6, 6.07) is 11.6. The van der Waals surface area contributed by atoms with Crippen molar-refractivity contribution in [1.29, 1.82) is 0 Å². The Morgan fingerprint density at radius 3 is 2.32 bits per heavy atom. The van der Waals surface area contributed by atoms with Crippen LogP contribution in [0.1, 0.15) is 29.8 Å². The average Bonchev–Trinajstić information content (AvgIpc) is 2.85. The first-order valence-corrected chi connectivity index (χ1v) is 12.7. The number of benzene rings is 2. The van der Waals surface area contributed by atoms with Crippen LogP contribution >= 0.6 is 0 Å². The SMILES string of the molecule is CCN(CC)c1ccc(C(=O)OCC(=O)Nc2cc(S(=O)(=O)N3CCOCC3)ccc2C)cc1. The minimum absolute atomic E-state index is 0.0839. The lowest BCUT2D eigenvalue weighted by Crippen LogP contribution is -2.40. The summed E-state index contributed by atoms with van der Waals surface area (Å²) in [7, 11) is -3.70. The smallest absolute Gasteiger partial charge is 0.338 e. The molecule has 0 unspecified atom stereocenters. The van der Waals surface area contributed by atoms with Gasteiger partial charge in [-0.15, -0.1) is 0 Å². The zero-order valence-electron chi connectivity index (χ0n) is 19.7. The van der Waals surface area contributed by atoms with E-state index in [1.54, 1.807) is 25.1 Å². The number of morpholine rings is 1. The van der Waals surface area contributed by atoms with Crippen LogP contribution in [0.4, 0.5) is 11.4 Å². The second-order valence-electron chi connectivity index (χ2n) is 7.84. The molecule has 0 atom stereocenters. The van der Waals surface area contributed by atoms with Crippen LogP contribution in [0.3, 0.4) is 0 Å². The summed E-state index contributed by atoms with van der Waals surface area (Å²) in [5.41, 5.74) is 2.38. The number of anilines is 2. The molecule has 1 heterocycles. The van der Waals surface area contributed by atoms with Gasteiger partial charge in [0.2, 0.25) is 10.0 Å². The third kappa shape index (κ3) is 6.13. The fourth-order valence-corrected chi connectivity index (χ4v) is 5.06. The summed E-state index contributed by atoms with van der Waals surface area (Å²) in [4.78, 5) is 27.0. The highest BCUT2D eigenvalue weighted by Crippen LogP contribution is 2.24. The molecule has 184 valence electrons. The van der Waals surface area contributed by atoms with Crippen LogP contribution in [0.25, 0.3) is 0 Å². The lowest BCUT2D eigenvalue weighted by Gasteiger charge is -2.26. The Kier molecular flexibility index (Phi) is 8.65. The van der Waals surface area contributed by atoms with Crippen molar-refractivity contribution in [1.82, 2.24) is 4.31 Å². The molecule has 10 heteroatoms. The molecule has 9 nitrogen and oxygen atoms in total. The predicted molar refractivity (Wildman–Crippen MR) is 130 cm³/mol. The Morgan fingerprint density at radius 2 is 1.71 bits per heavy atom. The summed E-state index contributed by atoms with van der Waals surface area (Å²) in [6.07, 6.45) is 0. The highest BCUT2D eigenvalue weighted by atomic mass is 32.2. The third-order valence-electron chi connectivity index (χ3n) is 5.66. The number of nitrogens with zero attached hydrogens (tertiary/aromatic N) is 2. The average molecular weight is 490 g/mol. The molecular formula is C24H31N3O6S. The van der Waals surface area contributed by atoms with E-state index in [2.05, 4.69) is 24.1 Å². The van der Waals surface area contributed by atoms with E-state index in [-0.39, 0.29) is 18.0 Å². The predicted octanol–water partition coefficient (Wildman–Crippen LogP) is 2.66. The van der Waals surface area contributed by atoms with Gasteiger partial charge in [0.15, 0.2) is 6.61 Å². The molecule has 34 heavy (non-hydrogen) atoms. The first kappa shape index (κ1) is 25.7. The first-order chi connectivity index (χ1) is 16.3. The van der Waals surface area contributed by atoms with Gasteiger partial charge in [-0.3, -0.25) is 4.79 Å². The molecule has 1 aliphatic heterocycles. The van der Waals surface area contributed by atoms with E-state index in [4.69, 9.17) is 9.47 Å². The fourth-order valence-electron chi connectivity index (χ4n) is 3.63. The molecule has 0 radical (unpaired) electrons. The molecule has 0 saturated carbocycles. The standard InChI is InChI=1S/C24H31N3O6S/c1-4-26(5-2)20-9-7-19(8-10-20)24(29)33-17-23(28)25-22-16-21(11-6-18(22)3)34(30,31)27-12-14-32-15-13-27/h6-11,16H,4-5,12-15,17H2,1-3H3,(H,25,28). The maximum absolute atomic E-state index is 12.9. The van der Waals surface area contributed by atoms with Crippen LogP contribution in [-0.2, 0) is 24.3 Å². The normalized spacial score (nSPS) is 14.4. The van der Waals surface area contributed by atoms with Crippen LogP contribution in [0.15, 0.2) is 47.4 Å². The first-order valence-electron chi connectivity index (χ1n) is 11.3. The number of aryl methyl sites for hydroxylation is 1. The van der Waals surface area contributed by atoms with Gasteiger partial charge in [-0.05, 0) is 62.7 Å². The minimum Gasteiger partial charge on any atom is -0.452 e. The summed E-state index contributed by atoms with van der Waals surface area (Å²) in [5.74, 6) is -1.17. The van der Waals surface area contributed by atoms with Crippen molar-refractivity contribution in [2.24, 2.45) is 0 Å². The summed E-state index contributed by atoms with van der Waals surface area (Å²) in [6.45, 7) is 8.34. The second kappa shape index (κ2) is 11.5. The van der Waals surface area contributed by atoms with Crippen molar-refractivity contribution in [3.63, 3.8) is 0 Å². The molecule has 2 aromatic rings. The number of carbonyl (C=O) groups is 2. The molecule has 0 bridgehead atoms. The van der Waals surface area contributed by atoms with Crippen LogP contribution in [0, 0.1) is 6.92 Å². The van der Waals surface area contributed by atoms with E-state index in [1.807, 2.05) is 12.1 Å². The molecule has 0 spiro atoms. The monoisotopic (exact) mass is 489 g/mol. The molecule has 1 aliphatic rings. The van der Waals surface area contributed by atoms with Crippen molar-refractivity contribution in [3.8, 4) is 0 Å². The van der Waals surface area contributed by atoms with E-state index in [1.165, 1.54) is 16.4 Å². The number of amides is 1. The Morgan fingerprint density at radius 1 is 1.06 bits per heavy atom. The minimum atomic E-state index is -3.70. The van der Waals surface area contributed by atoms with Gasteiger partial charge in [-0.1, -0.05) is 6.07 Å². The largest absolute Gasteiger partial charge is 0.452 e. The zero-order valence-corrected chi connectivity index (χ0v) is 20.6. The van der Waals surface area contributed by atoms with Gasteiger partial charge in [0.1, 0.15) is 0 Å². The van der Waals surface area contributed by atoms with Crippen molar-refractivity contribution in [2.75, 3.05) is 56.2 Å². The Labute approximate surface area is 200 Å².